The Morgan fingerprint density at radius 2 is 1.77 bits per heavy atom. The summed E-state index contributed by atoms with van der Waals surface area (Å²) in [4.78, 5) is 6.79. The summed E-state index contributed by atoms with van der Waals surface area (Å²) < 4.78 is 41.4. The molecule has 0 radical (unpaired) electrons. The fourth-order valence-corrected chi connectivity index (χ4v) is 5.65. The van der Waals surface area contributed by atoms with Crippen LogP contribution < -0.4 is 0 Å². The second-order valence-corrected chi connectivity index (χ2v) is 9.38. The molecule has 0 spiro atoms. The minimum absolute atomic E-state index is 0.216. The highest BCUT2D eigenvalue weighted by Crippen LogP contribution is 2.38. The SMILES string of the molecule is O=S(=O)(c1cccc2c1N=S=N2)N1CCN(Cc2noc(-c3ccccc3)n2)CC1. The molecular weight excluding hydrogens is 424 g/mol. The number of benzene rings is 2. The van der Waals surface area contributed by atoms with E-state index in [2.05, 4.69) is 23.8 Å². The molecule has 0 bridgehead atoms. The van der Waals surface area contributed by atoms with E-state index in [1.807, 2.05) is 30.3 Å². The Balaban J connectivity index is 1.25. The van der Waals surface area contributed by atoms with Gasteiger partial charge in [-0.25, -0.2) is 8.42 Å². The van der Waals surface area contributed by atoms with E-state index >= 15 is 0 Å². The Bertz CT molecular complexity index is 1240. The summed E-state index contributed by atoms with van der Waals surface area (Å²) in [6.45, 7) is 2.45. The van der Waals surface area contributed by atoms with Gasteiger partial charge in [-0.15, -0.1) is 0 Å². The molecule has 0 atom stereocenters. The monoisotopic (exact) mass is 442 g/mol. The molecule has 154 valence electrons. The zero-order chi connectivity index (χ0) is 20.6. The standard InChI is InChI=1S/C19H18N6O3S2/c26-30(27,16-8-4-7-15-18(16)23-29-22-15)25-11-9-24(10-12-25)13-17-20-19(28-21-17)14-5-2-1-3-6-14/h1-8H,9-13H2. The van der Waals surface area contributed by atoms with Crippen molar-refractivity contribution < 1.29 is 12.9 Å². The van der Waals surface area contributed by atoms with Gasteiger partial charge in [0, 0.05) is 31.7 Å². The maximum atomic E-state index is 13.1. The number of hydrogen-bond acceptors (Lipinski definition) is 8. The van der Waals surface area contributed by atoms with Gasteiger partial charge < -0.3 is 4.52 Å². The van der Waals surface area contributed by atoms with Crippen LogP contribution in [0.5, 0.6) is 0 Å². The average molecular weight is 443 g/mol. The highest BCUT2D eigenvalue weighted by atomic mass is 32.2. The summed E-state index contributed by atoms with van der Waals surface area (Å²) in [5.41, 5.74) is 1.91. The Morgan fingerprint density at radius 3 is 2.57 bits per heavy atom. The third-order valence-corrected chi connectivity index (χ3v) is 7.52. The van der Waals surface area contributed by atoms with Crippen LogP contribution in [-0.4, -0.2) is 53.9 Å². The number of hydrogen-bond donors (Lipinski definition) is 0. The van der Waals surface area contributed by atoms with Crippen LogP contribution >= 0.6 is 0 Å². The fraction of sp³-hybridized carbons (Fsp3) is 0.263. The highest BCUT2D eigenvalue weighted by Gasteiger charge is 2.32. The molecule has 9 nitrogen and oxygen atoms in total. The molecule has 0 unspecified atom stereocenters. The van der Waals surface area contributed by atoms with Crippen molar-refractivity contribution in [2.45, 2.75) is 11.4 Å². The van der Waals surface area contributed by atoms with Crippen LogP contribution in [-0.2, 0) is 27.9 Å². The lowest BCUT2D eigenvalue weighted by atomic mass is 10.2. The van der Waals surface area contributed by atoms with Crippen molar-refractivity contribution in [2.24, 2.45) is 8.73 Å². The lowest BCUT2D eigenvalue weighted by Crippen LogP contribution is -2.48. The van der Waals surface area contributed by atoms with Gasteiger partial charge in [-0.3, -0.25) is 4.90 Å². The van der Waals surface area contributed by atoms with Gasteiger partial charge in [0.05, 0.1) is 17.9 Å². The summed E-state index contributed by atoms with van der Waals surface area (Å²) in [7, 11) is -3.63. The molecule has 0 amide bonds. The second-order valence-electron chi connectivity index (χ2n) is 6.95. The Hall–Kier alpha value is -2.73. The molecular formula is C19H18N6O3S2. The molecule has 2 aliphatic heterocycles. The minimum Gasteiger partial charge on any atom is -0.334 e. The summed E-state index contributed by atoms with van der Waals surface area (Å²) in [6.07, 6.45) is 0. The van der Waals surface area contributed by atoms with Crippen LogP contribution in [0.15, 0.2) is 66.7 Å². The van der Waals surface area contributed by atoms with E-state index < -0.39 is 10.0 Å². The van der Waals surface area contributed by atoms with Crippen LogP contribution in [0.25, 0.3) is 11.5 Å². The van der Waals surface area contributed by atoms with E-state index in [0.717, 1.165) is 16.9 Å². The van der Waals surface area contributed by atoms with E-state index in [4.69, 9.17) is 4.52 Å². The smallest absolute Gasteiger partial charge is 0.257 e. The summed E-state index contributed by atoms with van der Waals surface area (Å²) in [5.74, 6) is 1.07. The van der Waals surface area contributed by atoms with Crippen LogP contribution in [0.2, 0.25) is 0 Å². The Morgan fingerprint density at radius 1 is 0.967 bits per heavy atom. The van der Waals surface area contributed by atoms with Crippen molar-refractivity contribution in [1.29, 1.82) is 0 Å². The van der Waals surface area contributed by atoms with Crippen molar-refractivity contribution in [3.05, 3.63) is 54.4 Å². The average Bonchev–Trinajstić information content (AvgIpc) is 3.44. The van der Waals surface area contributed by atoms with Gasteiger partial charge in [0.15, 0.2) is 5.82 Å². The number of rotatable bonds is 5. The van der Waals surface area contributed by atoms with Crippen molar-refractivity contribution >= 4 is 32.8 Å². The van der Waals surface area contributed by atoms with Crippen molar-refractivity contribution in [3.8, 4) is 11.5 Å². The Kier molecular flexibility index (Phi) is 5.03. The maximum Gasteiger partial charge on any atom is 0.257 e. The predicted octanol–water partition coefficient (Wildman–Crippen LogP) is 2.97. The van der Waals surface area contributed by atoms with E-state index in [1.54, 1.807) is 18.2 Å². The molecule has 3 aromatic rings. The van der Waals surface area contributed by atoms with E-state index in [1.165, 1.54) is 4.31 Å². The molecule has 0 saturated carbocycles. The van der Waals surface area contributed by atoms with E-state index in [0.29, 0.717) is 55.8 Å². The van der Waals surface area contributed by atoms with Gasteiger partial charge in [-0.2, -0.15) is 18.0 Å². The van der Waals surface area contributed by atoms with Gasteiger partial charge in [0.2, 0.25) is 10.0 Å². The number of sulfonamides is 1. The van der Waals surface area contributed by atoms with Crippen molar-refractivity contribution in [1.82, 2.24) is 19.3 Å². The highest BCUT2D eigenvalue weighted by molar-refractivity contribution is 7.89. The van der Waals surface area contributed by atoms with Gasteiger partial charge in [-0.05, 0) is 24.3 Å². The molecule has 2 aromatic carbocycles. The Labute approximate surface area is 177 Å². The molecule has 30 heavy (non-hydrogen) atoms. The normalized spacial score (nSPS) is 17.1. The van der Waals surface area contributed by atoms with Crippen molar-refractivity contribution in [2.75, 3.05) is 26.2 Å². The zero-order valence-electron chi connectivity index (χ0n) is 15.9. The molecule has 0 N–H and O–H groups in total. The first-order valence-electron chi connectivity index (χ1n) is 9.43. The quantitative estimate of drug-likeness (QED) is 0.471. The van der Waals surface area contributed by atoms with Crippen molar-refractivity contribution in [3.63, 3.8) is 0 Å². The summed E-state index contributed by atoms with van der Waals surface area (Å²) >= 11 is 1.02. The van der Waals surface area contributed by atoms with E-state index in [-0.39, 0.29) is 4.90 Å². The number of aromatic nitrogens is 2. The topological polar surface area (TPSA) is 104 Å². The van der Waals surface area contributed by atoms with Crippen LogP contribution in [0.3, 0.4) is 0 Å². The number of nitrogens with zero attached hydrogens (tertiary/aromatic N) is 6. The molecule has 11 heteroatoms. The lowest BCUT2D eigenvalue weighted by molar-refractivity contribution is 0.176. The third kappa shape index (κ3) is 3.60. The van der Waals surface area contributed by atoms with E-state index in [9.17, 15) is 8.42 Å². The van der Waals surface area contributed by atoms with Crippen LogP contribution in [0.4, 0.5) is 11.4 Å². The first kappa shape index (κ1) is 19.2. The zero-order valence-corrected chi connectivity index (χ0v) is 17.5. The molecule has 0 aliphatic carbocycles. The number of fused-ring (bicyclic) bond motifs is 1. The third-order valence-electron chi connectivity index (χ3n) is 5.05. The molecule has 1 fully saturated rings. The maximum absolute atomic E-state index is 13.1. The summed E-state index contributed by atoms with van der Waals surface area (Å²) in [6, 6.07) is 14.7. The minimum atomic E-state index is -3.63. The molecule has 5 rings (SSSR count). The van der Waals surface area contributed by atoms with Crippen LogP contribution in [0.1, 0.15) is 5.82 Å². The molecule has 3 heterocycles. The van der Waals surface area contributed by atoms with Gasteiger partial charge in [0.1, 0.15) is 16.3 Å². The predicted molar refractivity (Wildman–Crippen MR) is 112 cm³/mol. The van der Waals surface area contributed by atoms with Gasteiger partial charge in [0.25, 0.3) is 5.89 Å². The largest absolute Gasteiger partial charge is 0.334 e. The second kappa shape index (κ2) is 7.84. The first-order chi connectivity index (χ1) is 14.6. The summed E-state index contributed by atoms with van der Waals surface area (Å²) in [5, 5.41) is 4.06. The van der Waals surface area contributed by atoms with Gasteiger partial charge >= 0.3 is 0 Å². The lowest BCUT2D eigenvalue weighted by Gasteiger charge is -2.33. The fourth-order valence-electron chi connectivity index (χ4n) is 3.47. The molecule has 2 aliphatic rings. The van der Waals surface area contributed by atoms with Crippen LogP contribution in [0, 0.1) is 0 Å². The van der Waals surface area contributed by atoms with Gasteiger partial charge in [-0.1, -0.05) is 29.4 Å². The number of piperazine rings is 1. The molecule has 1 saturated heterocycles. The first-order valence-corrected chi connectivity index (χ1v) is 11.6. The molecule has 1 aromatic heterocycles.